The van der Waals surface area contributed by atoms with Crippen LogP contribution in [-0.2, 0) is 0 Å². The first-order valence-corrected chi connectivity index (χ1v) is 11.3. The Morgan fingerprint density at radius 3 is 1.19 bits per heavy atom. The lowest BCUT2D eigenvalue weighted by molar-refractivity contribution is -0.461. The molecule has 0 saturated carbocycles. The van der Waals surface area contributed by atoms with Crippen molar-refractivity contribution in [3.05, 3.63) is 0 Å². The molecule has 0 aliphatic rings. The molecule has 0 aromatic carbocycles. The van der Waals surface area contributed by atoms with E-state index in [9.17, 15) is 74.6 Å². The van der Waals surface area contributed by atoms with Crippen molar-refractivity contribution in [3.63, 3.8) is 0 Å². The lowest BCUT2D eigenvalue weighted by Crippen LogP contribution is -2.74. The third kappa shape index (κ3) is 6.22. The molecule has 218 valence electrons. The SMILES string of the molecule is CCCCCCCCC(I)CC(F)(F)C(F)(F)C(F)(F)C(F)(F)C(F)(F)C(F)(F)C(F)(F)C(F)(F)F. The molecule has 0 saturated heterocycles. The molecule has 0 fully saturated rings. The molecule has 0 N–H and O–H groups in total. The lowest BCUT2D eigenvalue weighted by atomic mass is 9.87. The minimum Gasteiger partial charge on any atom is -0.200 e. The van der Waals surface area contributed by atoms with Crippen LogP contribution >= 0.6 is 22.6 Å². The Bertz CT molecular complexity index is 698. The van der Waals surface area contributed by atoms with E-state index >= 15 is 0 Å². The molecule has 0 rings (SSSR count). The molecule has 0 amide bonds. The Hall–Kier alpha value is -0.460. The van der Waals surface area contributed by atoms with Crippen molar-refractivity contribution in [2.45, 2.75) is 110 Å². The quantitative estimate of drug-likeness (QED) is 0.0697. The summed E-state index contributed by atoms with van der Waals surface area (Å²) in [6.07, 6.45) is -7.12. The van der Waals surface area contributed by atoms with Gasteiger partial charge in [-0.25, -0.2) is 0 Å². The minimum atomic E-state index is -8.58. The molecular formula is C18H20F17I. The number of halogens is 18. The predicted octanol–water partition coefficient (Wildman–Crippen LogP) is 9.94. The summed E-state index contributed by atoms with van der Waals surface area (Å²) in [6.45, 7) is 1.86. The van der Waals surface area contributed by atoms with E-state index in [0.717, 1.165) is 35.4 Å². The van der Waals surface area contributed by atoms with Crippen molar-refractivity contribution in [3.8, 4) is 0 Å². The fraction of sp³-hybridized carbons (Fsp3) is 1.00. The predicted molar refractivity (Wildman–Crippen MR) is 101 cm³/mol. The van der Waals surface area contributed by atoms with Gasteiger partial charge in [0.05, 0.1) is 0 Å². The van der Waals surface area contributed by atoms with Gasteiger partial charge in [0.2, 0.25) is 0 Å². The van der Waals surface area contributed by atoms with E-state index in [1.165, 1.54) is 0 Å². The average molecular weight is 686 g/mol. The van der Waals surface area contributed by atoms with E-state index in [0.29, 0.717) is 19.3 Å². The fourth-order valence-corrected chi connectivity index (χ4v) is 3.84. The van der Waals surface area contributed by atoms with Crippen LogP contribution in [0.25, 0.3) is 0 Å². The highest BCUT2D eigenvalue weighted by Gasteiger charge is 2.95. The number of rotatable bonds is 15. The molecule has 1 atom stereocenters. The van der Waals surface area contributed by atoms with Gasteiger partial charge in [0, 0.05) is 10.3 Å². The van der Waals surface area contributed by atoms with E-state index < -0.39 is 58.0 Å². The standard InChI is InChI=1S/C18H20F17I/c1-2-3-4-5-6-7-8-10(36)9-11(19,20)12(21,22)13(23,24)14(25,26)15(27,28)16(29,30)17(31,32)18(33,34)35/h10H,2-9H2,1H3. The van der Waals surface area contributed by atoms with Crippen LogP contribution in [0, 0.1) is 0 Å². The summed E-state index contributed by atoms with van der Waals surface area (Å²) in [5, 5.41) is 0. The van der Waals surface area contributed by atoms with Gasteiger partial charge in [-0.3, -0.25) is 0 Å². The van der Waals surface area contributed by atoms with Crippen molar-refractivity contribution in [1.29, 1.82) is 0 Å². The van der Waals surface area contributed by atoms with Crippen molar-refractivity contribution in [2.24, 2.45) is 0 Å². The first-order chi connectivity index (χ1) is 15.7. The molecule has 0 nitrogen and oxygen atoms in total. The van der Waals surface area contributed by atoms with Gasteiger partial charge in [0.1, 0.15) is 0 Å². The molecular weight excluding hydrogens is 666 g/mol. The van der Waals surface area contributed by atoms with Crippen LogP contribution in [0.2, 0.25) is 0 Å². The van der Waals surface area contributed by atoms with Gasteiger partial charge in [0.15, 0.2) is 0 Å². The van der Waals surface area contributed by atoms with Crippen molar-refractivity contribution in [1.82, 2.24) is 0 Å². The van der Waals surface area contributed by atoms with Crippen molar-refractivity contribution in [2.75, 3.05) is 0 Å². The first kappa shape index (κ1) is 35.5. The Balaban J connectivity index is 6.00. The third-order valence-corrected chi connectivity index (χ3v) is 6.20. The van der Waals surface area contributed by atoms with Crippen LogP contribution in [0.5, 0.6) is 0 Å². The van der Waals surface area contributed by atoms with E-state index in [-0.39, 0.29) is 12.8 Å². The molecule has 36 heavy (non-hydrogen) atoms. The second kappa shape index (κ2) is 11.3. The largest absolute Gasteiger partial charge is 0.460 e. The smallest absolute Gasteiger partial charge is 0.200 e. The number of alkyl halides is 18. The molecule has 0 spiro atoms. The average Bonchev–Trinajstić information content (AvgIpc) is 2.68. The van der Waals surface area contributed by atoms with E-state index in [4.69, 9.17) is 0 Å². The van der Waals surface area contributed by atoms with Gasteiger partial charge in [-0.05, 0) is 6.42 Å². The Morgan fingerprint density at radius 1 is 0.472 bits per heavy atom. The lowest BCUT2D eigenvalue weighted by Gasteiger charge is -2.43. The van der Waals surface area contributed by atoms with Crippen LogP contribution in [-0.4, -0.2) is 51.6 Å². The number of unbranched alkanes of at least 4 members (excludes halogenated alkanes) is 5. The molecule has 0 bridgehead atoms. The van der Waals surface area contributed by atoms with Crippen molar-refractivity contribution >= 4 is 22.6 Å². The summed E-state index contributed by atoms with van der Waals surface area (Å²) in [7, 11) is 0. The van der Waals surface area contributed by atoms with Crippen molar-refractivity contribution < 1.29 is 74.6 Å². The summed E-state index contributed by atoms with van der Waals surface area (Å²) < 4.78 is 223. The van der Waals surface area contributed by atoms with Gasteiger partial charge in [-0.1, -0.05) is 68.0 Å². The topological polar surface area (TPSA) is 0 Å². The Kier molecular flexibility index (Phi) is 11.2. The zero-order valence-corrected chi connectivity index (χ0v) is 20.2. The molecule has 0 heterocycles. The maximum absolute atomic E-state index is 13.9. The summed E-state index contributed by atoms with van der Waals surface area (Å²) in [5.41, 5.74) is 0. The third-order valence-electron chi connectivity index (χ3n) is 5.14. The molecule has 0 aliphatic heterocycles. The van der Waals surface area contributed by atoms with Crippen LogP contribution in [0.4, 0.5) is 74.6 Å². The van der Waals surface area contributed by atoms with E-state index in [2.05, 4.69) is 0 Å². The minimum absolute atomic E-state index is 0.0718. The summed E-state index contributed by atoms with van der Waals surface area (Å²) in [5.74, 6) is -55.8. The monoisotopic (exact) mass is 686 g/mol. The van der Waals surface area contributed by atoms with Crippen LogP contribution in [0.15, 0.2) is 0 Å². The zero-order chi connectivity index (χ0) is 29.2. The molecule has 0 aromatic rings. The highest BCUT2D eigenvalue weighted by atomic mass is 127. The van der Waals surface area contributed by atoms with Gasteiger partial charge in [0.25, 0.3) is 0 Å². The van der Waals surface area contributed by atoms with Crippen LogP contribution < -0.4 is 0 Å². The fourth-order valence-electron chi connectivity index (χ4n) is 2.85. The molecule has 0 aromatic heterocycles. The molecule has 0 radical (unpaired) electrons. The van der Waals surface area contributed by atoms with E-state index in [1.54, 1.807) is 0 Å². The maximum Gasteiger partial charge on any atom is 0.460 e. The van der Waals surface area contributed by atoms with Gasteiger partial charge < -0.3 is 0 Å². The normalized spacial score (nSPS) is 16.4. The number of hydrogen-bond donors (Lipinski definition) is 0. The van der Waals surface area contributed by atoms with Crippen LogP contribution in [0.3, 0.4) is 0 Å². The zero-order valence-electron chi connectivity index (χ0n) is 18.0. The Morgan fingerprint density at radius 2 is 0.806 bits per heavy atom. The van der Waals surface area contributed by atoms with Gasteiger partial charge in [-0.2, -0.15) is 74.6 Å². The van der Waals surface area contributed by atoms with Crippen LogP contribution in [0.1, 0.15) is 58.3 Å². The first-order valence-electron chi connectivity index (χ1n) is 10.1. The second-order valence-corrected chi connectivity index (χ2v) is 9.77. The Labute approximate surface area is 207 Å². The molecule has 18 heteroatoms. The molecule has 1 unspecified atom stereocenters. The summed E-state index contributed by atoms with van der Waals surface area (Å²) in [6, 6.07) is 0. The maximum atomic E-state index is 13.9. The highest BCUT2D eigenvalue weighted by molar-refractivity contribution is 14.1. The summed E-state index contributed by atoms with van der Waals surface area (Å²) >= 11 is 1.03. The van der Waals surface area contributed by atoms with Gasteiger partial charge >= 0.3 is 47.6 Å². The van der Waals surface area contributed by atoms with Gasteiger partial charge in [-0.15, -0.1) is 0 Å². The highest BCUT2D eigenvalue weighted by Crippen LogP contribution is 2.64. The molecule has 0 aliphatic carbocycles. The van der Waals surface area contributed by atoms with E-state index in [1.807, 2.05) is 6.92 Å². The summed E-state index contributed by atoms with van der Waals surface area (Å²) in [4.78, 5) is 0. The number of hydrogen-bond acceptors (Lipinski definition) is 0. The second-order valence-electron chi connectivity index (χ2n) is 8.01.